The van der Waals surface area contributed by atoms with Gasteiger partial charge in [-0.15, -0.1) is 0 Å². The van der Waals surface area contributed by atoms with Crippen molar-refractivity contribution in [3.63, 3.8) is 0 Å². The van der Waals surface area contributed by atoms with E-state index in [0.29, 0.717) is 43.1 Å². The Morgan fingerprint density at radius 2 is 1.91 bits per heavy atom. The third kappa shape index (κ3) is 3.75. The van der Waals surface area contributed by atoms with E-state index in [0.717, 1.165) is 48.1 Å². The topological polar surface area (TPSA) is 81.7 Å². The fourth-order valence-electron chi connectivity index (χ4n) is 6.12. The van der Waals surface area contributed by atoms with Crippen molar-refractivity contribution in [2.24, 2.45) is 11.8 Å². The zero-order chi connectivity index (χ0) is 23.4. The number of carbonyl (C=O) groups is 1. The highest BCUT2D eigenvalue weighted by Crippen LogP contribution is 2.47. The van der Waals surface area contributed by atoms with Gasteiger partial charge in [0.25, 0.3) is 0 Å². The van der Waals surface area contributed by atoms with E-state index in [1.54, 1.807) is 24.3 Å². The van der Waals surface area contributed by atoms with Crippen molar-refractivity contribution in [3.8, 4) is 16.9 Å². The molecule has 3 aromatic rings. The highest BCUT2D eigenvalue weighted by Gasteiger charge is 2.42. The lowest BCUT2D eigenvalue weighted by molar-refractivity contribution is -0.142. The minimum atomic E-state index is -0.351. The molecule has 1 aromatic carbocycles. The number of aliphatic hydroxyl groups excluding tert-OH is 1. The normalized spacial score (nSPS) is 25.0. The number of β-amino-alcohol motifs (C(OH)–C–C–N with tert-alkyl or cyclic N) is 1. The fraction of sp³-hybridized carbons (Fsp3) is 0.462. The molecule has 1 amide bonds. The number of nitrogens with zero attached hydrogens (tertiary/aromatic N) is 3. The number of halogens is 1. The van der Waals surface area contributed by atoms with E-state index >= 15 is 0 Å². The summed E-state index contributed by atoms with van der Waals surface area (Å²) in [5, 5.41) is 10.4. The van der Waals surface area contributed by atoms with E-state index in [2.05, 4.69) is 20.9 Å². The Labute approximate surface area is 197 Å². The maximum absolute atomic E-state index is 14.0. The molecule has 3 fully saturated rings. The molecule has 1 aliphatic carbocycles. The molecule has 0 spiro atoms. The lowest BCUT2D eigenvalue weighted by Crippen LogP contribution is -2.55. The van der Waals surface area contributed by atoms with Gasteiger partial charge in [0, 0.05) is 49.0 Å². The molecule has 4 heterocycles. The number of aromatic nitrogens is 2. The number of pyridine rings is 1. The van der Waals surface area contributed by atoms with Gasteiger partial charge >= 0.3 is 0 Å². The molecular weight excluding hydrogens is 435 g/mol. The van der Waals surface area contributed by atoms with Gasteiger partial charge < -0.3 is 19.7 Å². The first-order chi connectivity index (χ1) is 16.5. The van der Waals surface area contributed by atoms with Gasteiger partial charge in [-0.3, -0.25) is 9.69 Å². The summed E-state index contributed by atoms with van der Waals surface area (Å²) in [5.74, 6) is 2.06. The van der Waals surface area contributed by atoms with Crippen LogP contribution >= 0.6 is 0 Å². The van der Waals surface area contributed by atoms with Crippen molar-refractivity contribution < 1.29 is 19.0 Å². The van der Waals surface area contributed by atoms with E-state index in [9.17, 15) is 14.3 Å². The molecule has 7 nitrogen and oxygen atoms in total. The number of likely N-dealkylation sites (tertiary alicyclic amines) is 2. The number of hydrogen-bond donors (Lipinski definition) is 2. The van der Waals surface area contributed by atoms with Crippen LogP contribution in [0.25, 0.3) is 22.2 Å². The molecule has 1 saturated carbocycles. The Hall–Kier alpha value is -2.97. The van der Waals surface area contributed by atoms with Gasteiger partial charge in [0.15, 0.2) is 0 Å². The second kappa shape index (κ2) is 8.36. The van der Waals surface area contributed by atoms with Gasteiger partial charge in [0.05, 0.1) is 19.8 Å². The first-order valence-electron chi connectivity index (χ1n) is 12.0. The number of rotatable bonds is 5. The van der Waals surface area contributed by atoms with Crippen LogP contribution in [0.5, 0.6) is 5.75 Å². The minimum Gasteiger partial charge on any atom is -0.496 e. The fourth-order valence-corrected chi connectivity index (χ4v) is 6.12. The summed E-state index contributed by atoms with van der Waals surface area (Å²) < 4.78 is 19.5. The van der Waals surface area contributed by atoms with Crippen molar-refractivity contribution in [3.05, 3.63) is 48.0 Å². The largest absolute Gasteiger partial charge is 0.496 e. The van der Waals surface area contributed by atoms with Crippen LogP contribution in [0.3, 0.4) is 0 Å². The molecule has 3 atom stereocenters. The number of aromatic amines is 1. The smallest absolute Gasteiger partial charge is 0.236 e. The SMILES string of the molecule is COc1ccc(F)cc1-c1ccnc2[nH]c([C@H]3C[C@@H]4CN(CC(=O)N5CC(O)C5)C[C@@H]4C3)cc12. The highest BCUT2D eigenvalue weighted by atomic mass is 19.1. The molecule has 2 saturated heterocycles. The van der Waals surface area contributed by atoms with Crippen LogP contribution in [-0.2, 0) is 4.79 Å². The zero-order valence-electron chi connectivity index (χ0n) is 19.2. The summed E-state index contributed by atoms with van der Waals surface area (Å²) in [4.78, 5) is 24.4. The predicted molar refractivity (Wildman–Crippen MR) is 126 cm³/mol. The molecule has 0 radical (unpaired) electrons. The van der Waals surface area contributed by atoms with Crippen LogP contribution in [-0.4, -0.2) is 76.7 Å². The van der Waals surface area contributed by atoms with E-state index in [1.165, 1.54) is 17.8 Å². The molecule has 8 heteroatoms. The molecule has 2 N–H and O–H groups in total. The first-order valence-corrected chi connectivity index (χ1v) is 12.0. The molecule has 34 heavy (non-hydrogen) atoms. The standard InChI is InChI=1S/C26H29FN4O3/c1-34-24-3-2-18(27)8-21(24)20-4-5-28-26-22(20)9-23(29-26)15-6-16-10-30(11-17(16)7-15)14-25(33)31-12-19(32)13-31/h2-5,8-9,15-17,19,32H,6-7,10-14H2,1H3,(H,28,29)/t15-,16+,17-. The van der Waals surface area contributed by atoms with Crippen molar-refractivity contribution >= 4 is 16.9 Å². The number of amides is 1. The number of fused-ring (bicyclic) bond motifs is 2. The average molecular weight is 465 g/mol. The van der Waals surface area contributed by atoms with E-state index in [4.69, 9.17) is 4.74 Å². The molecule has 2 aromatic heterocycles. The number of H-pyrrole nitrogens is 1. The number of nitrogens with one attached hydrogen (secondary N) is 1. The number of aliphatic hydroxyl groups is 1. The average Bonchev–Trinajstić information content (AvgIpc) is 3.49. The van der Waals surface area contributed by atoms with E-state index in [-0.39, 0.29) is 17.8 Å². The number of benzene rings is 1. The summed E-state index contributed by atoms with van der Waals surface area (Å²) >= 11 is 0. The van der Waals surface area contributed by atoms with Crippen molar-refractivity contribution in [2.75, 3.05) is 39.8 Å². The van der Waals surface area contributed by atoms with Gasteiger partial charge in [-0.2, -0.15) is 0 Å². The monoisotopic (exact) mass is 464 g/mol. The van der Waals surface area contributed by atoms with Crippen LogP contribution in [0.1, 0.15) is 24.5 Å². The molecule has 2 aliphatic heterocycles. The second-order valence-electron chi connectivity index (χ2n) is 10.0. The van der Waals surface area contributed by atoms with Gasteiger partial charge in [0.1, 0.15) is 17.2 Å². The highest BCUT2D eigenvalue weighted by molar-refractivity contribution is 5.95. The lowest BCUT2D eigenvalue weighted by atomic mass is 9.99. The molecular formula is C26H29FN4O3. The summed E-state index contributed by atoms with van der Waals surface area (Å²) in [5.41, 5.74) is 3.61. The third-order valence-corrected chi connectivity index (χ3v) is 7.84. The van der Waals surface area contributed by atoms with Crippen LogP contribution in [0.15, 0.2) is 36.5 Å². The van der Waals surface area contributed by atoms with Gasteiger partial charge in [-0.1, -0.05) is 0 Å². The predicted octanol–water partition coefficient (Wildman–Crippen LogP) is 3.01. The van der Waals surface area contributed by atoms with Gasteiger partial charge in [-0.25, -0.2) is 9.37 Å². The Bertz CT molecular complexity index is 1220. The Kier molecular flexibility index (Phi) is 5.30. The second-order valence-corrected chi connectivity index (χ2v) is 10.0. The molecule has 0 unspecified atom stereocenters. The van der Waals surface area contributed by atoms with Crippen molar-refractivity contribution in [2.45, 2.75) is 24.9 Å². The first kappa shape index (κ1) is 21.6. The number of hydrogen-bond acceptors (Lipinski definition) is 5. The summed E-state index contributed by atoms with van der Waals surface area (Å²) in [6.45, 7) is 3.31. The maximum atomic E-state index is 14.0. The van der Waals surface area contributed by atoms with Crippen molar-refractivity contribution in [1.29, 1.82) is 0 Å². The van der Waals surface area contributed by atoms with Gasteiger partial charge in [0.2, 0.25) is 5.91 Å². The van der Waals surface area contributed by atoms with E-state index in [1.807, 2.05) is 6.07 Å². The molecule has 0 bridgehead atoms. The van der Waals surface area contributed by atoms with Gasteiger partial charge in [-0.05, 0) is 66.5 Å². The Morgan fingerprint density at radius 3 is 2.62 bits per heavy atom. The van der Waals surface area contributed by atoms with E-state index < -0.39 is 0 Å². The number of methoxy groups -OCH3 is 1. The number of ether oxygens (including phenoxy) is 1. The van der Waals surface area contributed by atoms with Crippen LogP contribution in [0.2, 0.25) is 0 Å². The summed E-state index contributed by atoms with van der Waals surface area (Å²) in [6.07, 6.45) is 3.57. The maximum Gasteiger partial charge on any atom is 0.236 e. The Balaban J connectivity index is 1.18. The summed E-state index contributed by atoms with van der Waals surface area (Å²) in [7, 11) is 1.60. The molecule has 6 rings (SSSR count). The number of carbonyl (C=O) groups excluding carboxylic acids is 1. The van der Waals surface area contributed by atoms with Crippen LogP contribution < -0.4 is 4.74 Å². The lowest BCUT2D eigenvalue weighted by Gasteiger charge is -2.36. The molecule has 178 valence electrons. The zero-order valence-corrected chi connectivity index (χ0v) is 19.2. The molecule has 3 aliphatic rings. The summed E-state index contributed by atoms with van der Waals surface area (Å²) in [6, 6.07) is 8.65. The third-order valence-electron chi connectivity index (χ3n) is 7.84. The van der Waals surface area contributed by atoms with Crippen LogP contribution in [0.4, 0.5) is 4.39 Å². The quantitative estimate of drug-likeness (QED) is 0.607. The minimum absolute atomic E-state index is 0.129. The Morgan fingerprint density at radius 1 is 1.15 bits per heavy atom. The van der Waals surface area contributed by atoms with Crippen molar-refractivity contribution in [1.82, 2.24) is 19.8 Å². The van der Waals surface area contributed by atoms with Crippen LogP contribution in [0, 0.1) is 17.7 Å².